The Hall–Kier alpha value is -0.370. The molecule has 1 aromatic rings. The normalized spacial score (nSPS) is 11.1. The fraction of sp³-hybridized carbons (Fsp3) is 0.733. The third-order valence-electron chi connectivity index (χ3n) is 3.07. The lowest BCUT2D eigenvalue weighted by atomic mass is 10.2. The SMILES string of the molecule is CCCCCCNC(=NC)NCCCc1nc(C)cs1.I. The summed E-state index contributed by atoms with van der Waals surface area (Å²) in [7, 11) is 1.82. The first-order valence-electron chi connectivity index (χ1n) is 7.61. The van der Waals surface area contributed by atoms with E-state index in [4.69, 9.17) is 0 Å². The standard InChI is InChI=1S/C15H28N4S.HI/c1-4-5-6-7-10-17-15(16-3)18-11-8-9-14-19-13(2)12-20-14;/h12H,4-11H2,1-3H3,(H2,16,17,18);1H. The van der Waals surface area contributed by atoms with Gasteiger partial charge >= 0.3 is 0 Å². The molecule has 2 N–H and O–H groups in total. The van der Waals surface area contributed by atoms with Gasteiger partial charge in [-0.1, -0.05) is 26.2 Å². The Labute approximate surface area is 150 Å². The van der Waals surface area contributed by atoms with Gasteiger partial charge in [0.15, 0.2) is 5.96 Å². The molecule has 21 heavy (non-hydrogen) atoms. The summed E-state index contributed by atoms with van der Waals surface area (Å²) in [6.45, 7) is 6.22. The van der Waals surface area contributed by atoms with Crippen molar-refractivity contribution >= 4 is 41.3 Å². The van der Waals surface area contributed by atoms with Crippen molar-refractivity contribution in [3.63, 3.8) is 0 Å². The number of thiazole rings is 1. The van der Waals surface area contributed by atoms with E-state index in [9.17, 15) is 0 Å². The molecule has 0 radical (unpaired) electrons. The van der Waals surface area contributed by atoms with Gasteiger partial charge in [0.05, 0.1) is 5.01 Å². The first-order chi connectivity index (χ1) is 9.76. The largest absolute Gasteiger partial charge is 0.356 e. The van der Waals surface area contributed by atoms with Gasteiger partial charge < -0.3 is 10.6 Å². The second-order valence-electron chi connectivity index (χ2n) is 4.97. The maximum absolute atomic E-state index is 4.47. The predicted octanol–water partition coefficient (Wildman–Crippen LogP) is 3.75. The van der Waals surface area contributed by atoms with Gasteiger partial charge in [0.25, 0.3) is 0 Å². The maximum Gasteiger partial charge on any atom is 0.190 e. The molecule has 122 valence electrons. The molecule has 6 heteroatoms. The van der Waals surface area contributed by atoms with Crippen molar-refractivity contribution in [3.8, 4) is 0 Å². The molecule has 0 unspecified atom stereocenters. The van der Waals surface area contributed by atoms with Crippen molar-refractivity contribution in [2.75, 3.05) is 20.1 Å². The molecule has 0 fully saturated rings. The van der Waals surface area contributed by atoms with Crippen LogP contribution < -0.4 is 10.6 Å². The van der Waals surface area contributed by atoms with Crippen molar-refractivity contribution in [1.29, 1.82) is 0 Å². The summed E-state index contributed by atoms with van der Waals surface area (Å²) in [5.74, 6) is 0.914. The first-order valence-corrected chi connectivity index (χ1v) is 8.49. The monoisotopic (exact) mass is 424 g/mol. The number of nitrogens with zero attached hydrogens (tertiary/aromatic N) is 2. The van der Waals surface area contributed by atoms with Crippen LogP contribution >= 0.6 is 35.3 Å². The van der Waals surface area contributed by atoms with Crippen molar-refractivity contribution < 1.29 is 0 Å². The van der Waals surface area contributed by atoms with Gasteiger partial charge in [0, 0.05) is 37.6 Å². The van der Waals surface area contributed by atoms with Gasteiger partial charge in [-0.2, -0.15) is 0 Å². The van der Waals surface area contributed by atoms with Crippen LogP contribution in [0.15, 0.2) is 10.4 Å². The third kappa shape index (κ3) is 10.1. The Morgan fingerprint density at radius 1 is 1.19 bits per heavy atom. The summed E-state index contributed by atoms with van der Waals surface area (Å²) in [5, 5.41) is 10.0. The highest BCUT2D eigenvalue weighted by Crippen LogP contribution is 2.10. The van der Waals surface area contributed by atoms with Crippen LogP contribution in [0.3, 0.4) is 0 Å². The molecule has 0 saturated heterocycles. The number of aryl methyl sites for hydroxylation is 2. The summed E-state index contributed by atoms with van der Waals surface area (Å²) < 4.78 is 0. The number of aromatic nitrogens is 1. The number of rotatable bonds is 9. The van der Waals surface area contributed by atoms with E-state index in [1.807, 2.05) is 14.0 Å². The fourth-order valence-electron chi connectivity index (χ4n) is 1.94. The van der Waals surface area contributed by atoms with Crippen molar-refractivity contribution in [2.24, 2.45) is 4.99 Å². The van der Waals surface area contributed by atoms with Gasteiger partial charge in [-0.3, -0.25) is 4.99 Å². The summed E-state index contributed by atoms with van der Waals surface area (Å²) in [6.07, 6.45) is 7.24. The highest BCUT2D eigenvalue weighted by molar-refractivity contribution is 14.0. The van der Waals surface area contributed by atoms with Crippen molar-refractivity contribution in [2.45, 2.75) is 52.4 Å². The second-order valence-corrected chi connectivity index (χ2v) is 5.92. The highest BCUT2D eigenvalue weighted by atomic mass is 127. The molecule has 0 bridgehead atoms. The Balaban J connectivity index is 0.00000400. The van der Waals surface area contributed by atoms with E-state index in [1.54, 1.807) is 11.3 Å². The van der Waals surface area contributed by atoms with Gasteiger partial charge in [-0.25, -0.2) is 4.98 Å². The summed E-state index contributed by atoms with van der Waals surface area (Å²) in [6, 6.07) is 0. The van der Waals surface area contributed by atoms with E-state index >= 15 is 0 Å². The second kappa shape index (κ2) is 13.3. The molecule has 1 aromatic heterocycles. The fourth-order valence-corrected chi connectivity index (χ4v) is 2.76. The van der Waals surface area contributed by atoms with E-state index in [0.717, 1.165) is 37.6 Å². The van der Waals surface area contributed by atoms with Crippen LogP contribution in [0.5, 0.6) is 0 Å². The van der Waals surface area contributed by atoms with Gasteiger partial charge in [0.2, 0.25) is 0 Å². The number of nitrogens with one attached hydrogen (secondary N) is 2. The van der Waals surface area contributed by atoms with E-state index in [2.05, 4.69) is 32.9 Å². The number of hydrogen-bond donors (Lipinski definition) is 2. The zero-order chi connectivity index (χ0) is 14.6. The third-order valence-corrected chi connectivity index (χ3v) is 4.10. The Morgan fingerprint density at radius 2 is 1.90 bits per heavy atom. The molecular weight excluding hydrogens is 395 g/mol. The average Bonchev–Trinajstić information content (AvgIpc) is 2.86. The minimum absolute atomic E-state index is 0. The molecule has 0 amide bonds. The van der Waals surface area contributed by atoms with Crippen LogP contribution in [0.2, 0.25) is 0 Å². The van der Waals surface area contributed by atoms with Gasteiger partial charge in [-0.15, -0.1) is 35.3 Å². The van der Waals surface area contributed by atoms with E-state index in [-0.39, 0.29) is 24.0 Å². The maximum atomic E-state index is 4.47. The quantitative estimate of drug-likeness (QED) is 0.275. The summed E-state index contributed by atoms with van der Waals surface area (Å²) >= 11 is 1.75. The Morgan fingerprint density at radius 3 is 2.48 bits per heavy atom. The minimum Gasteiger partial charge on any atom is -0.356 e. The number of guanidine groups is 1. The molecule has 0 aliphatic carbocycles. The number of hydrogen-bond acceptors (Lipinski definition) is 3. The molecule has 4 nitrogen and oxygen atoms in total. The predicted molar refractivity (Wildman–Crippen MR) is 104 cm³/mol. The Bertz CT molecular complexity index is 393. The molecule has 0 aliphatic heterocycles. The molecule has 0 aromatic carbocycles. The van der Waals surface area contributed by atoms with Crippen LogP contribution in [0, 0.1) is 6.92 Å². The van der Waals surface area contributed by atoms with E-state index < -0.39 is 0 Å². The van der Waals surface area contributed by atoms with Gasteiger partial charge in [-0.05, 0) is 19.8 Å². The van der Waals surface area contributed by atoms with Crippen LogP contribution in [0.4, 0.5) is 0 Å². The lowest BCUT2D eigenvalue weighted by Crippen LogP contribution is -2.38. The summed E-state index contributed by atoms with van der Waals surface area (Å²) in [4.78, 5) is 8.71. The van der Waals surface area contributed by atoms with Crippen molar-refractivity contribution in [1.82, 2.24) is 15.6 Å². The first kappa shape index (κ1) is 20.6. The van der Waals surface area contributed by atoms with E-state index in [0.29, 0.717) is 0 Å². The highest BCUT2D eigenvalue weighted by Gasteiger charge is 2.00. The van der Waals surface area contributed by atoms with Crippen LogP contribution in [-0.2, 0) is 6.42 Å². The molecule has 1 rings (SSSR count). The zero-order valence-corrected chi connectivity index (χ0v) is 16.6. The Kier molecular flexibility index (Phi) is 13.1. The van der Waals surface area contributed by atoms with Crippen LogP contribution in [-0.4, -0.2) is 31.1 Å². The molecule has 0 spiro atoms. The average molecular weight is 424 g/mol. The number of unbranched alkanes of at least 4 members (excludes halogenated alkanes) is 3. The molecule has 0 saturated carbocycles. The van der Waals surface area contributed by atoms with Gasteiger partial charge in [0.1, 0.15) is 0 Å². The summed E-state index contributed by atoms with van der Waals surface area (Å²) in [5.41, 5.74) is 1.13. The molecule has 1 heterocycles. The molecule has 0 aliphatic rings. The van der Waals surface area contributed by atoms with Crippen molar-refractivity contribution in [3.05, 3.63) is 16.1 Å². The number of aliphatic imine (C=N–C) groups is 1. The van der Waals surface area contributed by atoms with Crippen LogP contribution in [0.1, 0.15) is 49.7 Å². The lowest BCUT2D eigenvalue weighted by molar-refractivity contribution is 0.645. The number of halogens is 1. The smallest absolute Gasteiger partial charge is 0.190 e. The van der Waals surface area contributed by atoms with Crippen LogP contribution in [0.25, 0.3) is 0 Å². The minimum atomic E-state index is 0. The lowest BCUT2D eigenvalue weighted by Gasteiger charge is -2.11. The molecular formula is C15H29IN4S. The van der Waals surface area contributed by atoms with E-state index in [1.165, 1.54) is 30.7 Å². The topological polar surface area (TPSA) is 49.3 Å². The zero-order valence-electron chi connectivity index (χ0n) is 13.4. The molecule has 0 atom stereocenters.